The van der Waals surface area contributed by atoms with Gasteiger partial charge in [0.05, 0.1) is 5.21 Å². The predicted molar refractivity (Wildman–Crippen MR) is 49.4 cm³/mol. The van der Waals surface area contributed by atoms with E-state index in [0.717, 1.165) is 0 Å². The molecule has 0 aromatic rings. The van der Waals surface area contributed by atoms with Gasteiger partial charge in [-0.2, -0.15) is 0 Å². The van der Waals surface area contributed by atoms with E-state index in [1.54, 1.807) is 11.8 Å². The average Bonchev–Trinajstić information content (AvgIpc) is 1.95. The summed E-state index contributed by atoms with van der Waals surface area (Å²) in [6.07, 6.45) is 6.74. The summed E-state index contributed by atoms with van der Waals surface area (Å²) in [6, 6.07) is 0. The van der Waals surface area contributed by atoms with Crippen LogP contribution in [-0.4, -0.2) is 5.21 Å². The largest absolute Gasteiger partial charge is 0.114 e. The van der Waals surface area contributed by atoms with E-state index in [4.69, 9.17) is 11.6 Å². The lowest BCUT2D eigenvalue weighted by molar-refractivity contribution is 0.950. The number of halogens is 1. The van der Waals surface area contributed by atoms with Crippen LogP contribution in [-0.2, 0) is 0 Å². The second kappa shape index (κ2) is 4.09. The van der Waals surface area contributed by atoms with Gasteiger partial charge in [0.1, 0.15) is 0 Å². The van der Waals surface area contributed by atoms with Gasteiger partial charge in [0.15, 0.2) is 0 Å². The molecule has 0 N–H and O–H groups in total. The van der Waals surface area contributed by atoms with E-state index in [2.05, 4.69) is 19.1 Å². The van der Waals surface area contributed by atoms with Crippen LogP contribution in [0.25, 0.3) is 0 Å². The summed E-state index contributed by atoms with van der Waals surface area (Å²) in [5.41, 5.74) is 1.47. The van der Waals surface area contributed by atoms with Crippen molar-refractivity contribution < 1.29 is 0 Å². The van der Waals surface area contributed by atoms with Crippen molar-refractivity contribution in [3.8, 4) is 0 Å². The fraction of sp³-hybridized carbons (Fsp3) is 0.500. The highest BCUT2D eigenvalue weighted by Crippen LogP contribution is 2.27. The molecule has 2 heteroatoms. The molecule has 1 aliphatic rings. The van der Waals surface area contributed by atoms with Crippen LogP contribution >= 0.6 is 23.4 Å². The van der Waals surface area contributed by atoms with E-state index in [1.807, 2.05) is 0 Å². The molecule has 0 aromatic heterocycles. The molecule has 0 saturated carbocycles. The fourth-order valence-electron chi connectivity index (χ4n) is 0.913. The molecule has 0 radical (unpaired) electrons. The van der Waals surface area contributed by atoms with Crippen LogP contribution < -0.4 is 0 Å². The van der Waals surface area contributed by atoms with Crippen molar-refractivity contribution in [3.05, 3.63) is 22.6 Å². The van der Waals surface area contributed by atoms with E-state index in [9.17, 15) is 0 Å². The lowest BCUT2D eigenvalue weighted by Gasteiger charge is -2.09. The number of hydrogen-bond donors (Lipinski definition) is 0. The van der Waals surface area contributed by atoms with Crippen LogP contribution in [0.1, 0.15) is 19.8 Å². The van der Waals surface area contributed by atoms with Gasteiger partial charge in [0, 0.05) is 0 Å². The Hall–Kier alpha value is 0.120. The first-order valence-corrected chi connectivity index (χ1v) is 4.90. The number of allylic oxidation sites excluding steroid dienone is 4. The molecule has 56 valence electrons. The summed E-state index contributed by atoms with van der Waals surface area (Å²) in [4.78, 5) is 1.42. The minimum Gasteiger partial charge on any atom is -0.114 e. The van der Waals surface area contributed by atoms with Gasteiger partial charge in [-0.25, -0.2) is 0 Å². The summed E-state index contributed by atoms with van der Waals surface area (Å²) in [5, 5.41) is 0.679. The predicted octanol–water partition coefficient (Wildman–Crippen LogP) is 3.54. The zero-order valence-corrected chi connectivity index (χ0v) is 7.63. The first kappa shape index (κ1) is 8.22. The summed E-state index contributed by atoms with van der Waals surface area (Å²) < 4.78 is 0. The number of hydrogen-bond acceptors (Lipinski definition) is 1. The highest BCUT2D eigenvalue weighted by atomic mass is 35.5. The van der Waals surface area contributed by atoms with E-state index >= 15 is 0 Å². The molecule has 0 aromatic carbocycles. The Kier molecular flexibility index (Phi) is 3.36. The van der Waals surface area contributed by atoms with Gasteiger partial charge in [-0.1, -0.05) is 17.7 Å². The summed E-state index contributed by atoms with van der Waals surface area (Å²) in [6.45, 7) is 2.17. The fourth-order valence-corrected chi connectivity index (χ4v) is 1.88. The molecule has 0 atom stereocenters. The zero-order chi connectivity index (χ0) is 7.40. The summed E-state index contributed by atoms with van der Waals surface area (Å²) in [5.74, 6) is 0. The van der Waals surface area contributed by atoms with E-state index in [0.29, 0.717) is 5.21 Å². The Morgan fingerprint density at radius 2 is 2.30 bits per heavy atom. The summed E-state index contributed by atoms with van der Waals surface area (Å²) >= 11 is 7.31. The molecule has 0 nitrogen and oxygen atoms in total. The van der Waals surface area contributed by atoms with Gasteiger partial charge in [0.2, 0.25) is 0 Å². The van der Waals surface area contributed by atoms with Gasteiger partial charge < -0.3 is 0 Å². The minimum absolute atomic E-state index is 0.679. The Labute approximate surface area is 71.3 Å². The number of rotatable bonds is 2. The molecule has 1 aliphatic carbocycles. The van der Waals surface area contributed by atoms with Gasteiger partial charge >= 0.3 is 0 Å². The molecule has 1 rings (SSSR count). The third-order valence-electron chi connectivity index (χ3n) is 1.56. The Bertz CT molecular complexity index is 166. The van der Waals surface area contributed by atoms with Crippen molar-refractivity contribution in [1.82, 2.24) is 0 Å². The van der Waals surface area contributed by atoms with Crippen LogP contribution in [0, 0.1) is 0 Å². The SMILES string of the molecule is CC1=CC=C(SCCl)CC1. The monoisotopic (exact) mass is 174 g/mol. The van der Waals surface area contributed by atoms with Gasteiger partial charge in [-0.3, -0.25) is 0 Å². The molecule has 0 amide bonds. The average molecular weight is 175 g/mol. The molecule has 0 fully saturated rings. The number of alkyl halides is 1. The topological polar surface area (TPSA) is 0 Å². The minimum atomic E-state index is 0.679. The molecule has 0 spiro atoms. The lowest BCUT2D eigenvalue weighted by atomic mass is 10.1. The van der Waals surface area contributed by atoms with E-state index in [-0.39, 0.29) is 0 Å². The second-order valence-electron chi connectivity index (χ2n) is 2.40. The van der Waals surface area contributed by atoms with E-state index < -0.39 is 0 Å². The quantitative estimate of drug-likeness (QED) is 0.578. The smallest absolute Gasteiger partial charge is 0.0724 e. The third kappa shape index (κ3) is 2.39. The van der Waals surface area contributed by atoms with Crippen LogP contribution in [0.15, 0.2) is 22.6 Å². The van der Waals surface area contributed by atoms with Crippen molar-refractivity contribution in [3.63, 3.8) is 0 Å². The highest BCUT2D eigenvalue weighted by Gasteiger charge is 2.01. The molecule has 10 heavy (non-hydrogen) atoms. The van der Waals surface area contributed by atoms with Gasteiger partial charge in [0.25, 0.3) is 0 Å². The van der Waals surface area contributed by atoms with Crippen molar-refractivity contribution in [1.29, 1.82) is 0 Å². The normalized spacial score (nSPS) is 18.2. The maximum absolute atomic E-state index is 5.57. The van der Waals surface area contributed by atoms with Crippen molar-refractivity contribution in [2.24, 2.45) is 0 Å². The first-order chi connectivity index (χ1) is 4.83. The molecule has 0 bridgehead atoms. The second-order valence-corrected chi connectivity index (χ2v) is 4.09. The molecule has 0 heterocycles. The van der Waals surface area contributed by atoms with Gasteiger partial charge in [-0.05, 0) is 24.7 Å². The molecule has 0 unspecified atom stereocenters. The highest BCUT2D eigenvalue weighted by molar-refractivity contribution is 8.04. The Morgan fingerprint density at radius 3 is 2.80 bits per heavy atom. The van der Waals surface area contributed by atoms with Crippen molar-refractivity contribution in [2.45, 2.75) is 19.8 Å². The Morgan fingerprint density at radius 1 is 1.50 bits per heavy atom. The van der Waals surface area contributed by atoms with Gasteiger partial charge in [-0.15, -0.1) is 23.4 Å². The summed E-state index contributed by atoms with van der Waals surface area (Å²) in [7, 11) is 0. The van der Waals surface area contributed by atoms with Crippen LogP contribution in [0.2, 0.25) is 0 Å². The molecular formula is C8H11ClS. The molecular weight excluding hydrogens is 164 g/mol. The van der Waals surface area contributed by atoms with Crippen LogP contribution in [0.3, 0.4) is 0 Å². The molecule has 0 aliphatic heterocycles. The van der Waals surface area contributed by atoms with Crippen molar-refractivity contribution in [2.75, 3.05) is 5.21 Å². The zero-order valence-electron chi connectivity index (χ0n) is 6.06. The maximum atomic E-state index is 5.57. The Balaban J connectivity index is 2.47. The van der Waals surface area contributed by atoms with E-state index in [1.165, 1.54) is 23.3 Å². The third-order valence-corrected chi connectivity index (χ3v) is 2.71. The molecule has 0 saturated heterocycles. The van der Waals surface area contributed by atoms with Crippen LogP contribution in [0.5, 0.6) is 0 Å². The maximum Gasteiger partial charge on any atom is 0.0724 e. The number of thioether (sulfide) groups is 1. The van der Waals surface area contributed by atoms with Crippen LogP contribution in [0.4, 0.5) is 0 Å². The van der Waals surface area contributed by atoms with Crippen molar-refractivity contribution >= 4 is 23.4 Å². The lowest BCUT2D eigenvalue weighted by Crippen LogP contribution is -1.86. The standard InChI is InChI=1S/C8H11ClS/c1-7-2-4-8(5-3-7)10-6-9/h2,4H,3,5-6H2,1H3. The first-order valence-electron chi connectivity index (χ1n) is 3.38.